The molecule has 0 fully saturated rings. The predicted molar refractivity (Wildman–Crippen MR) is 65.2 cm³/mol. The van der Waals surface area contributed by atoms with Crippen molar-refractivity contribution in [1.82, 2.24) is 0 Å². The summed E-state index contributed by atoms with van der Waals surface area (Å²) in [6.45, 7) is 7.84. The number of thiophene rings is 1. The highest BCUT2D eigenvalue weighted by Crippen LogP contribution is 2.16. The summed E-state index contributed by atoms with van der Waals surface area (Å²) in [7, 11) is 0. The van der Waals surface area contributed by atoms with E-state index < -0.39 is 0 Å². The molecule has 0 aromatic carbocycles. The largest absolute Gasteiger partial charge is 0.256 e. The summed E-state index contributed by atoms with van der Waals surface area (Å²) < 4.78 is 0. The minimum absolute atomic E-state index is 1.000. The molecule has 0 atom stereocenters. The number of hydrogen-bond acceptors (Lipinski definition) is 2. The molecule has 1 rings (SSSR count). The molecular formula is C12H15NS. The maximum atomic E-state index is 4.25. The van der Waals surface area contributed by atoms with Gasteiger partial charge in [0, 0.05) is 11.1 Å². The Hall–Kier alpha value is -1.15. The van der Waals surface area contributed by atoms with Gasteiger partial charge in [0.25, 0.3) is 0 Å². The molecule has 0 bridgehead atoms. The quantitative estimate of drug-likeness (QED) is 0.660. The lowest BCUT2D eigenvalue weighted by atomic mass is 10.2. The smallest absolute Gasteiger partial charge is 0.0798 e. The van der Waals surface area contributed by atoms with Gasteiger partial charge < -0.3 is 0 Å². The van der Waals surface area contributed by atoms with Gasteiger partial charge in [-0.1, -0.05) is 19.6 Å². The van der Waals surface area contributed by atoms with Crippen molar-refractivity contribution in [3.05, 3.63) is 46.8 Å². The van der Waals surface area contributed by atoms with Gasteiger partial charge in [0.15, 0.2) is 0 Å². The minimum Gasteiger partial charge on any atom is -0.256 e. The van der Waals surface area contributed by atoms with E-state index in [1.54, 1.807) is 17.5 Å². The van der Waals surface area contributed by atoms with Crippen LogP contribution >= 0.6 is 11.3 Å². The standard InChI is InChI=1S/C12H15NS/c1-4-6-7-11(13-5-2)12-9-8-10(3)14-12/h5-9H,2,4H2,1,3H3/b7-6-,13-11?. The molecule has 2 heteroatoms. The monoisotopic (exact) mass is 205 g/mol. The highest BCUT2D eigenvalue weighted by Gasteiger charge is 2.01. The van der Waals surface area contributed by atoms with Crippen molar-refractivity contribution in [2.45, 2.75) is 20.3 Å². The lowest BCUT2D eigenvalue weighted by molar-refractivity contribution is 1.23. The van der Waals surface area contributed by atoms with Crippen LogP contribution in [0.25, 0.3) is 0 Å². The van der Waals surface area contributed by atoms with E-state index >= 15 is 0 Å². The molecule has 0 saturated heterocycles. The van der Waals surface area contributed by atoms with Crippen molar-refractivity contribution in [2.75, 3.05) is 0 Å². The molecule has 14 heavy (non-hydrogen) atoms. The van der Waals surface area contributed by atoms with Gasteiger partial charge in [-0.25, -0.2) is 0 Å². The summed E-state index contributed by atoms with van der Waals surface area (Å²) in [6, 6.07) is 4.21. The summed E-state index contributed by atoms with van der Waals surface area (Å²) in [5.41, 5.74) is 1.000. The van der Waals surface area contributed by atoms with E-state index in [9.17, 15) is 0 Å². The lowest BCUT2D eigenvalue weighted by Crippen LogP contribution is -1.91. The third kappa shape index (κ3) is 2.96. The van der Waals surface area contributed by atoms with E-state index in [1.165, 1.54) is 9.75 Å². The number of hydrogen-bond donors (Lipinski definition) is 0. The zero-order valence-corrected chi connectivity index (χ0v) is 9.47. The number of nitrogens with zero attached hydrogens (tertiary/aromatic N) is 1. The molecule has 1 aromatic rings. The second-order valence-corrected chi connectivity index (χ2v) is 4.21. The zero-order valence-electron chi connectivity index (χ0n) is 8.66. The van der Waals surface area contributed by atoms with Crippen molar-refractivity contribution < 1.29 is 0 Å². The van der Waals surface area contributed by atoms with E-state index in [1.807, 2.05) is 6.08 Å². The van der Waals surface area contributed by atoms with Gasteiger partial charge in [0.2, 0.25) is 0 Å². The van der Waals surface area contributed by atoms with E-state index in [-0.39, 0.29) is 0 Å². The molecule has 0 aliphatic rings. The van der Waals surface area contributed by atoms with E-state index in [4.69, 9.17) is 0 Å². The first-order chi connectivity index (χ1) is 6.77. The number of aryl methyl sites for hydroxylation is 1. The van der Waals surface area contributed by atoms with Gasteiger partial charge in [-0.3, -0.25) is 4.99 Å². The Morgan fingerprint density at radius 2 is 2.36 bits per heavy atom. The fourth-order valence-corrected chi connectivity index (χ4v) is 1.93. The van der Waals surface area contributed by atoms with Crippen LogP contribution in [0.5, 0.6) is 0 Å². The highest BCUT2D eigenvalue weighted by atomic mass is 32.1. The highest BCUT2D eigenvalue weighted by molar-refractivity contribution is 7.14. The van der Waals surface area contributed by atoms with Crippen molar-refractivity contribution in [3.63, 3.8) is 0 Å². The van der Waals surface area contributed by atoms with Crippen molar-refractivity contribution in [3.8, 4) is 0 Å². The third-order valence-corrected chi connectivity index (χ3v) is 2.76. The van der Waals surface area contributed by atoms with Crippen LogP contribution in [0.3, 0.4) is 0 Å². The Labute approximate surface area is 89.5 Å². The Kier molecular flexibility index (Phi) is 4.33. The van der Waals surface area contributed by atoms with Crippen LogP contribution in [0.2, 0.25) is 0 Å². The van der Waals surface area contributed by atoms with Crippen molar-refractivity contribution in [2.24, 2.45) is 4.99 Å². The normalized spacial score (nSPS) is 12.3. The van der Waals surface area contributed by atoms with Crippen LogP contribution in [0.1, 0.15) is 23.1 Å². The second kappa shape index (κ2) is 5.55. The zero-order chi connectivity index (χ0) is 10.4. The molecule has 1 heterocycles. The Bertz CT molecular complexity index is 358. The second-order valence-electron chi connectivity index (χ2n) is 2.92. The first-order valence-electron chi connectivity index (χ1n) is 4.70. The van der Waals surface area contributed by atoms with Crippen LogP contribution < -0.4 is 0 Å². The first-order valence-corrected chi connectivity index (χ1v) is 5.51. The molecule has 1 aromatic heterocycles. The number of allylic oxidation sites excluding steroid dienone is 2. The Morgan fingerprint density at radius 3 is 2.86 bits per heavy atom. The Morgan fingerprint density at radius 1 is 1.57 bits per heavy atom. The topological polar surface area (TPSA) is 12.4 Å². The molecule has 0 spiro atoms. The van der Waals surface area contributed by atoms with Gasteiger partial charge in [-0.15, -0.1) is 11.3 Å². The molecule has 0 unspecified atom stereocenters. The third-order valence-electron chi connectivity index (χ3n) is 1.73. The molecule has 74 valence electrons. The summed E-state index contributed by atoms with van der Waals surface area (Å²) in [5, 5.41) is 0. The van der Waals surface area contributed by atoms with E-state index in [0.717, 1.165) is 12.1 Å². The van der Waals surface area contributed by atoms with Gasteiger partial charge >= 0.3 is 0 Å². The number of rotatable bonds is 4. The fraction of sp³-hybridized carbons (Fsp3) is 0.250. The van der Waals surface area contributed by atoms with Crippen molar-refractivity contribution in [1.29, 1.82) is 0 Å². The molecule has 0 amide bonds. The van der Waals surface area contributed by atoms with E-state index in [0.29, 0.717) is 0 Å². The average Bonchev–Trinajstić information content (AvgIpc) is 2.59. The maximum absolute atomic E-state index is 4.25. The van der Waals surface area contributed by atoms with Crippen molar-refractivity contribution >= 4 is 17.0 Å². The van der Waals surface area contributed by atoms with Gasteiger partial charge in [-0.05, 0) is 31.6 Å². The number of aliphatic imine (C=N–C) groups is 1. The molecule has 0 N–H and O–H groups in total. The van der Waals surface area contributed by atoms with Gasteiger partial charge in [-0.2, -0.15) is 0 Å². The SMILES string of the molecule is C=CN=C(/C=C\CC)c1ccc(C)s1. The summed E-state index contributed by atoms with van der Waals surface area (Å²) in [4.78, 5) is 6.76. The predicted octanol–water partition coefficient (Wildman–Crippen LogP) is 3.96. The molecule has 0 radical (unpaired) electrons. The van der Waals surface area contributed by atoms with Crippen LogP contribution in [-0.2, 0) is 0 Å². The Balaban J connectivity index is 2.94. The minimum atomic E-state index is 1.000. The summed E-state index contributed by atoms with van der Waals surface area (Å²) in [6.07, 6.45) is 6.77. The summed E-state index contributed by atoms with van der Waals surface area (Å²) in [5.74, 6) is 0. The van der Waals surface area contributed by atoms with Gasteiger partial charge in [0.05, 0.1) is 10.6 Å². The molecular weight excluding hydrogens is 190 g/mol. The fourth-order valence-electron chi connectivity index (χ4n) is 1.09. The van der Waals surface area contributed by atoms with Crippen LogP contribution in [0, 0.1) is 6.92 Å². The average molecular weight is 205 g/mol. The van der Waals surface area contributed by atoms with Crippen LogP contribution in [0.4, 0.5) is 0 Å². The molecule has 0 aliphatic carbocycles. The van der Waals surface area contributed by atoms with Crippen LogP contribution in [-0.4, -0.2) is 5.71 Å². The summed E-state index contributed by atoms with van der Waals surface area (Å²) >= 11 is 1.76. The van der Waals surface area contributed by atoms with Gasteiger partial charge in [0.1, 0.15) is 0 Å². The molecule has 1 nitrogen and oxygen atoms in total. The van der Waals surface area contributed by atoms with Crippen LogP contribution in [0.15, 0.2) is 42.1 Å². The first kappa shape index (κ1) is 10.9. The van der Waals surface area contributed by atoms with E-state index in [2.05, 4.69) is 43.6 Å². The lowest BCUT2D eigenvalue weighted by Gasteiger charge is -1.94. The maximum Gasteiger partial charge on any atom is 0.0798 e. The molecule has 0 saturated carbocycles. The molecule has 0 aliphatic heterocycles.